The van der Waals surface area contributed by atoms with Gasteiger partial charge in [0.15, 0.2) is 0 Å². The monoisotopic (exact) mass is 1110 g/mol. The number of carboxylic acid groups (broad SMARTS) is 2. The third kappa shape index (κ3) is 21.5. The van der Waals surface area contributed by atoms with Crippen molar-refractivity contribution in [2.75, 3.05) is 96.3 Å². The molecule has 1 fully saturated rings. The molecule has 3 aromatic rings. The smallest absolute Gasteiger partial charge is 0.326 e. The summed E-state index contributed by atoms with van der Waals surface area (Å²) < 4.78 is 53.2. The number of carbonyl (C=O) groups excluding carboxylic acids is 5. The van der Waals surface area contributed by atoms with Crippen LogP contribution >= 0.6 is 23.5 Å². The Balaban J connectivity index is 1.09. The molecule has 2 unspecified atom stereocenters. The van der Waals surface area contributed by atoms with E-state index in [1.807, 2.05) is 55.7 Å². The van der Waals surface area contributed by atoms with Crippen LogP contribution in [0.15, 0.2) is 54.7 Å². The fraction of sp³-hybridized carbons (Fsp3) is 0.569. The fourth-order valence-corrected chi connectivity index (χ4v) is 9.80. The first-order valence-corrected chi connectivity index (χ1v) is 27.2. The van der Waals surface area contributed by atoms with Gasteiger partial charge in [0.1, 0.15) is 29.5 Å². The maximum atomic E-state index is 15.1. The molecule has 0 spiro atoms. The van der Waals surface area contributed by atoms with Crippen molar-refractivity contribution < 1.29 is 71.5 Å². The van der Waals surface area contributed by atoms with E-state index in [4.69, 9.17) is 40.5 Å². The number of nitrogens with two attached hydrogens (primary N) is 2. The second-order valence-electron chi connectivity index (χ2n) is 18.7. The number of halogens is 2. The lowest BCUT2D eigenvalue weighted by molar-refractivity contribution is -0.142. The molecule has 1 aromatic heterocycles. The van der Waals surface area contributed by atoms with Gasteiger partial charge in [-0.05, 0) is 54.3 Å². The van der Waals surface area contributed by atoms with Gasteiger partial charge in [0.25, 0.3) is 0 Å². The van der Waals surface area contributed by atoms with Crippen LogP contribution < -0.4 is 22.1 Å². The first-order chi connectivity index (χ1) is 36.3. The molecule has 0 saturated carbocycles. The number of rotatable bonds is 37. The third-order valence-electron chi connectivity index (χ3n) is 11.6. The van der Waals surface area contributed by atoms with Crippen LogP contribution in [-0.2, 0) is 59.1 Å². The summed E-state index contributed by atoms with van der Waals surface area (Å²) in [6.45, 7) is 8.67. The molecule has 0 radical (unpaired) electrons. The summed E-state index contributed by atoms with van der Waals surface area (Å²) in [4.78, 5) is 94.4. The van der Waals surface area contributed by atoms with Crippen LogP contribution in [0.25, 0.3) is 11.3 Å². The number of aliphatic carboxylic acids is 2. The molecule has 1 aliphatic rings. The number of nitrogens with one attached hydrogen (secondary N) is 2. The lowest BCUT2D eigenvalue weighted by Gasteiger charge is -2.40. The first kappa shape index (κ1) is 63.0. The van der Waals surface area contributed by atoms with Gasteiger partial charge in [-0.3, -0.25) is 33.7 Å². The van der Waals surface area contributed by atoms with Crippen molar-refractivity contribution >= 4 is 65.0 Å². The Morgan fingerprint density at radius 1 is 0.895 bits per heavy atom. The highest BCUT2D eigenvalue weighted by atomic mass is 32.2. The van der Waals surface area contributed by atoms with E-state index in [2.05, 4.69) is 10.6 Å². The van der Waals surface area contributed by atoms with Gasteiger partial charge in [-0.15, -0.1) is 11.8 Å². The average molecular weight is 1110 g/mol. The second kappa shape index (κ2) is 32.9. The van der Waals surface area contributed by atoms with Gasteiger partial charge < -0.3 is 60.7 Å². The summed E-state index contributed by atoms with van der Waals surface area (Å²) in [6.07, 6.45) is 1.94. The Hall–Kier alpha value is -5.54. The van der Waals surface area contributed by atoms with E-state index in [9.17, 15) is 43.1 Å². The summed E-state index contributed by atoms with van der Waals surface area (Å²) in [5.41, 5.74) is 11.9. The predicted molar refractivity (Wildman–Crippen MR) is 281 cm³/mol. The van der Waals surface area contributed by atoms with Crippen molar-refractivity contribution in [3.8, 4) is 11.3 Å². The van der Waals surface area contributed by atoms with Crippen LogP contribution in [0.5, 0.6) is 0 Å². The summed E-state index contributed by atoms with van der Waals surface area (Å²) in [5.74, 6) is -5.02. The number of ether oxygens (including phenoxy) is 4. The zero-order chi connectivity index (χ0) is 55.6. The van der Waals surface area contributed by atoms with Crippen molar-refractivity contribution in [2.24, 2.45) is 16.9 Å². The molecule has 1 aliphatic heterocycles. The predicted octanol–water partition coefficient (Wildman–Crippen LogP) is 3.07. The highest BCUT2D eigenvalue weighted by molar-refractivity contribution is 8.00. The van der Waals surface area contributed by atoms with Crippen molar-refractivity contribution in [2.45, 2.75) is 82.8 Å². The quantitative estimate of drug-likeness (QED) is 0.0357. The zero-order valence-corrected chi connectivity index (χ0v) is 44.9. The Morgan fingerprint density at radius 3 is 2.18 bits per heavy atom. The van der Waals surface area contributed by atoms with E-state index in [0.717, 1.165) is 40.4 Å². The van der Waals surface area contributed by atoms with Crippen molar-refractivity contribution in [3.05, 3.63) is 77.8 Å². The van der Waals surface area contributed by atoms with Gasteiger partial charge >= 0.3 is 11.9 Å². The van der Waals surface area contributed by atoms with Gasteiger partial charge in [-0.25, -0.2) is 18.6 Å². The molecule has 2 heterocycles. The molecule has 0 aliphatic carbocycles. The number of aromatic nitrogens is 2. The van der Waals surface area contributed by atoms with E-state index in [-0.39, 0.29) is 139 Å². The number of imidazole rings is 1. The minimum absolute atomic E-state index is 0.0122. The molecular weight excluding hydrogens is 1030 g/mol. The maximum Gasteiger partial charge on any atom is 0.326 e. The molecule has 420 valence electrons. The number of amides is 5. The van der Waals surface area contributed by atoms with Gasteiger partial charge in [0.2, 0.25) is 29.5 Å². The van der Waals surface area contributed by atoms with Crippen molar-refractivity contribution in [1.29, 1.82) is 0 Å². The maximum absolute atomic E-state index is 15.1. The van der Waals surface area contributed by atoms with E-state index < -0.39 is 70.1 Å². The lowest BCUT2D eigenvalue weighted by atomic mass is 9.84. The standard InChI is InChI=1S/C51H72F2N8O13S2/c1-51(2,3)46(47-58-40(36-28-35(52)10-11-37(36)53)31-59(47)30-34-8-5-4-6-9-34)60(17-7-15-54)45(65)33-75-27-14-39(50(69)70)57-43(63)13-19-71-21-23-73-25-26-74-24-22-72-20-16-56-42(62)12-18-61-44(64)29-41(48(61)66)76-32-38(55)49(67)68/h4-6,8-11,28,31,38-39,41,46H,7,12-27,29-30,32-33,54-55H2,1-3H3,(H,56,62)(H,57,63)(H,67,68)(H,69,70)/t38-,39?,41?,46-/m0/s1. The number of thioether (sulfide) groups is 2. The third-order valence-corrected chi connectivity index (χ3v) is 13.9. The number of carbonyl (C=O) groups is 7. The molecule has 21 nitrogen and oxygen atoms in total. The van der Waals surface area contributed by atoms with Gasteiger partial charge in [0.05, 0.1) is 75.6 Å². The topological polar surface area (TPSA) is 297 Å². The van der Waals surface area contributed by atoms with E-state index in [0.29, 0.717) is 25.3 Å². The van der Waals surface area contributed by atoms with Crippen LogP contribution in [0, 0.1) is 17.0 Å². The Kier molecular flexibility index (Phi) is 27.3. The van der Waals surface area contributed by atoms with E-state index in [1.54, 1.807) is 11.1 Å². The highest BCUT2D eigenvalue weighted by Gasteiger charge is 2.40. The van der Waals surface area contributed by atoms with Gasteiger partial charge in [-0.2, -0.15) is 11.8 Å². The number of carboxylic acids is 2. The SMILES string of the molecule is CC(C)(C)[C@H](c1nc(-c2cc(F)ccc2F)cn1Cc1ccccc1)N(CCCN)C(=O)CSCCC(NC(=O)CCOCCOCCOCCOCCNC(=O)CCN1C(=O)CC(SC[C@H](N)C(=O)O)C1=O)C(=O)O. The zero-order valence-electron chi connectivity index (χ0n) is 43.3. The van der Waals surface area contributed by atoms with Crippen LogP contribution in [0.3, 0.4) is 0 Å². The Bertz CT molecular complexity index is 2360. The second-order valence-corrected chi connectivity index (χ2v) is 21.0. The summed E-state index contributed by atoms with van der Waals surface area (Å²) >= 11 is 2.24. The largest absolute Gasteiger partial charge is 0.480 e. The number of benzene rings is 2. The summed E-state index contributed by atoms with van der Waals surface area (Å²) in [5, 5.41) is 23.2. The Morgan fingerprint density at radius 2 is 1.55 bits per heavy atom. The van der Waals surface area contributed by atoms with Gasteiger partial charge in [0, 0.05) is 63.0 Å². The minimum Gasteiger partial charge on any atom is -0.480 e. The summed E-state index contributed by atoms with van der Waals surface area (Å²) in [6, 6.07) is 9.75. The van der Waals surface area contributed by atoms with Crippen LogP contribution in [0.2, 0.25) is 0 Å². The van der Waals surface area contributed by atoms with Crippen LogP contribution in [0.1, 0.15) is 70.3 Å². The van der Waals surface area contributed by atoms with E-state index >= 15 is 4.39 Å². The molecule has 0 bridgehead atoms. The lowest BCUT2D eigenvalue weighted by Crippen LogP contribution is -2.44. The molecule has 2 aromatic carbocycles. The molecule has 5 amide bonds. The average Bonchev–Trinajstić information content (AvgIpc) is 3.90. The molecule has 4 atom stereocenters. The van der Waals surface area contributed by atoms with Crippen molar-refractivity contribution in [3.63, 3.8) is 0 Å². The summed E-state index contributed by atoms with van der Waals surface area (Å²) in [7, 11) is 0. The molecule has 4 rings (SSSR count). The molecule has 25 heteroatoms. The number of hydrogen-bond donors (Lipinski definition) is 6. The fourth-order valence-electron chi connectivity index (χ4n) is 7.80. The van der Waals surface area contributed by atoms with Crippen LogP contribution in [0.4, 0.5) is 8.78 Å². The number of hydrogen-bond acceptors (Lipinski definition) is 16. The van der Waals surface area contributed by atoms with E-state index in [1.165, 1.54) is 11.8 Å². The number of likely N-dealkylation sites (tertiary alicyclic amines) is 1. The number of nitrogens with zero attached hydrogens (tertiary/aromatic N) is 4. The van der Waals surface area contributed by atoms with Gasteiger partial charge in [-0.1, -0.05) is 51.1 Å². The minimum atomic E-state index is -1.22. The number of imide groups is 1. The normalized spacial score (nSPS) is 14.9. The molecular formula is C51H72F2N8O13S2. The Labute approximate surface area is 449 Å². The molecule has 8 N–H and O–H groups in total. The molecule has 76 heavy (non-hydrogen) atoms. The van der Waals surface area contributed by atoms with Crippen LogP contribution in [-0.4, -0.2) is 185 Å². The first-order valence-electron chi connectivity index (χ1n) is 25.0. The highest BCUT2D eigenvalue weighted by Crippen LogP contribution is 2.40. The molecule has 1 saturated heterocycles. The van der Waals surface area contributed by atoms with Crippen molar-refractivity contribution in [1.82, 2.24) is 30.0 Å².